The van der Waals surface area contributed by atoms with Gasteiger partial charge >= 0.3 is 0 Å². The molecule has 0 atom stereocenters. The van der Waals surface area contributed by atoms with Gasteiger partial charge in [0.25, 0.3) is 11.8 Å². The maximum absolute atomic E-state index is 13.7. The third kappa shape index (κ3) is 3.87. The third-order valence-corrected chi connectivity index (χ3v) is 4.51. The summed E-state index contributed by atoms with van der Waals surface area (Å²) in [7, 11) is 0. The van der Waals surface area contributed by atoms with Crippen molar-refractivity contribution >= 4 is 17.5 Å². The Balaban J connectivity index is 1.76. The summed E-state index contributed by atoms with van der Waals surface area (Å²) in [6.07, 6.45) is 3.20. The zero-order valence-corrected chi connectivity index (χ0v) is 14.3. The molecule has 7 heteroatoms. The second-order valence-electron chi connectivity index (χ2n) is 6.46. The fourth-order valence-corrected chi connectivity index (χ4v) is 2.87. The topological polar surface area (TPSA) is 62.3 Å². The number of pyridine rings is 1. The SMILES string of the molecule is CC1CCN(C(=O)c2cc(C(=O)Nc3c(F)cccc3F)ccn2)CC1. The summed E-state index contributed by atoms with van der Waals surface area (Å²) in [4.78, 5) is 30.6. The first kappa shape index (κ1) is 18.0. The molecule has 2 aromatic rings. The monoisotopic (exact) mass is 359 g/mol. The summed E-state index contributed by atoms with van der Waals surface area (Å²) >= 11 is 0. The second-order valence-corrected chi connectivity index (χ2v) is 6.46. The van der Waals surface area contributed by atoms with E-state index in [1.165, 1.54) is 24.4 Å². The van der Waals surface area contributed by atoms with Crippen LogP contribution < -0.4 is 5.32 Å². The van der Waals surface area contributed by atoms with E-state index in [0.717, 1.165) is 25.0 Å². The van der Waals surface area contributed by atoms with Crippen molar-refractivity contribution in [2.24, 2.45) is 5.92 Å². The number of rotatable bonds is 3. The molecule has 0 aliphatic carbocycles. The number of amides is 2. The van der Waals surface area contributed by atoms with Crippen LogP contribution in [0.3, 0.4) is 0 Å². The number of carbonyl (C=O) groups excluding carboxylic acids is 2. The molecule has 0 radical (unpaired) electrons. The molecule has 1 aliphatic rings. The van der Waals surface area contributed by atoms with Crippen molar-refractivity contribution in [2.45, 2.75) is 19.8 Å². The van der Waals surface area contributed by atoms with E-state index in [1.54, 1.807) is 4.90 Å². The van der Waals surface area contributed by atoms with Crippen molar-refractivity contribution < 1.29 is 18.4 Å². The van der Waals surface area contributed by atoms with Crippen LogP contribution in [0.25, 0.3) is 0 Å². The third-order valence-electron chi connectivity index (χ3n) is 4.51. The van der Waals surface area contributed by atoms with E-state index in [4.69, 9.17) is 0 Å². The molecule has 26 heavy (non-hydrogen) atoms. The van der Waals surface area contributed by atoms with Crippen LogP contribution in [0.5, 0.6) is 0 Å². The Morgan fingerprint density at radius 1 is 1.15 bits per heavy atom. The lowest BCUT2D eigenvalue weighted by Gasteiger charge is -2.30. The van der Waals surface area contributed by atoms with Gasteiger partial charge in [-0.05, 0) is 43.0 Å². The number of carbonyl (C=O) groups is 2. The number of para-hydroxylation sites is 1. The lowest BCUT2D eigenvalue weighted by atomic mass is 9.99. The summed E-state index contributed by atoms with van der Waals surface area (Å²) in [5.74, 6) is -2.11. The molecule has 0 unspecified atom stereocenters. The first-order valence-electron chi connectivity index (χ1n) is 8.46. The van der Waals surface area contributed by atoms with Crippen LogP contribution >= 0.6 is 0 Å². The number of aromatic nitrogens is 1. The van der Waals surface area contributed by atoms with E-state index in [0.29, 0.717) is 19.0 Å². The van der Waals surface area contributed by atoms with E-state index in [-0.39, 0.29) is 17.2 Å². The molecule has 0 saturated carbocycles. The second kappa shape index (κ2) is 7.59. The molecule has 1 aliphatic heterocycles. The highest BCUT2D eigenvalue weighted by molar-refractivity contribution is 6.05. The molecule has 0 bridgehead atoms. The Kier molecular flexibility index (Phi) is 5.25. The molecular formula is C19H19F2N3O2. The molecule has 2 heterocycles. The van der Waals surface area contributed by atoms with Crippen molar-refractivity contribution in [1.82, 2.24) is 9.88 Å². The highest BCUT2D eigenvalue weighted by Gasteiger charge is 2.23. The van der Waals surface area contributed by atoms with E-state index >= 15 is 0 Å². The highest BCUT2D eigenvalue weighted by Crippen LogP contribution is 2.20. The van der Waals surface area contributed by atoms with Crippen molar-refractivity contribution in [3.63, 3.8) is 0 Å². The average molecular weight is 359 g/mol. The van der Waals surface area contributed by atoms with Crippen LogP contribution in [0.15, 0.2) is 36.5 Å². The Bertz CT molecular complexity index is 813. The molecule has 1 fully saturated rings. The minimum Gasteiger partial charge on any atom is -0.337 e. The van der Waals surface area contributed by atoms with Crippen LogP contribution in [0.2, 0.25) is 0 Å². The van der Waals surface area contributed by atoms with Crippen molar-refractivity contribution in [3.05, 3.63) is 59.4 Å². The lowest BCUT2D eigenvalue weighted by molar-refractivity contribution is 0.0691. The summed E-state index contributed by atoms with van der Waals surface area (Å²) in [6.45, 7) is 3.45. The van der Waals surface area contributed by atoms with Gasteiger partial charge in [0.1, 0.15) is 23.0 Å². The molecule has 1 N–H and O–H groups in total. The van der Waals surface area contributed by atoms with Crippen LogP contribution in [-0.4, -0.2) is 34.8 Å². The van der Waals surface area contributed by atoms with Crippen molar-refractivity contribution in [2.75, 3.05) is 18.4 Å². The smallest absolute Gasteiger partial charge is 0.272 e. The number of piperidine rings is 1. The number of anilines is 1. The van der Waals surface area contributed by atoms with Crippen molar-refractivity contribution in [3.8, 4) is 0 Å². The van der Waals surface area contributed by atoms with Gasteiger partial charge in [-0.1, -0.05) is 13.0 Å². The number of nitrogens with zero attached hydrogens (tertiary/aromatic N) is 2. The van der Waals surface area contributed by atoms with Gasteiger partial charge in [-0.15, -0.1) is 0 Å². The molecule has 1 aromatic heterocycles. The van der Waals surface area contributed by atoms with Gasteiger partial charge in [-0.25, -0.2) is 8.78 Å². The summed E-state index contributed by atoms with van der Waals surface area (Å²) in [6, 6.07) is 6.05. The first-order valence-corrected chi connectivity index (χ1v) is 8.46. The van der Waals surface area contributed by atoms with Crippen LogP contribution in [0.4, 0.5) is 14.5 Å². The van der Waals surface area contributed by atoms with Crippen molar-refractivity contribution in [1.29, 1.82) is 0 Å². The summed E-state index contributed by atoms with van der Waals surface area (Å²) in [5.41, 5.74) is -0.273. The Hall–Kier alpha value is -2.83. The number of nitrogens with one attached hydrogen (secondary N) is 1. The Morgan fingerprint density at radius 3 is 2.46 bits per heavy atom. The van der Waals surface area contributed by atoms with E-state index in [2.05, 4.69) is 17.2 Å². The Labute approximate surface area is 150 Å². The first-order chi connectivity index (χ1) is 12.5. The molecule has 1 aromatic carbocycles. The number of hydrogen-bond acceptors (Lipinski definition) is 3. The van der Waals surface area contributed by atoms with Gasteiger partial charge in [0.05, 0.1) is 0 Å². The molecule has 3 rings (SSSR count). The van der Waals surface area contributed by atoms with Crippen LogP contribution in [-0.2, 0) is 0 Å². The summed E-state index contributed by atoms with van der Waals surface area (Å²) in [5, 5.41) is 2.20. The molecule has 136 valence electrons. The van der Waals surface area contributed by atoms with Gasteiger partial charge in [0.15, 0.2) is 0 Å². The normalized spacial score (nSPS) is 15.0. The fourth-order valence-electron chi connectivity index (χ4n) is 2.87. The van der Waals surface area contributed by atoms with Crippen LogP contribution in [0, 0.1) is 17.6 Å². The molecular weight excluding hydrogens is 340 g/mol. The number of likely N-dealkylation sites (tertiary alicyclic amines) is 1. The fraction of sp³-hybridized carbons (Fsp3) is 0.316. The zero-order valence-electron chi connectivity index (χ0n) is 14.3. The largest absolute Gasteiger partial charge is 0.337 e. The molecule has 2 amide bonds. The van der Waals surface area contributed by atoms with Gasteiger partial charge in [0, 0.05) is 24.8 Å². The quantitative estimate of drug-likeness (QED) is 0.913. The van der Waals surface area contributed by atoms with Gasteiger partial charge < -0.3 is 10.2 Å². The number of halogens is 2. The maximum atomic E-state index is 13.7. The molecule has 5 nitrogen and oxygen atoms in total. The predicted molar refractivity (Wildman–Crippen MR) is 92.8 cm³/mol. The summed E-state index contributed by atoms with van der Waals surface area (Å²) < 4.78 is 27.4. The average Bonchev–Trinajstić information content (AvgIpc) is 2.65. The van der Waals surface area contributed by atoms with Gasteiger partial charge in [-0.2, -0.15) is 0 Å². The molecule has 0 spiro atoms. The minimum atomic E-state index is -0.869. The maximum Gasteiger partial charge on any atom is 0.272 e. The van der Waals surface area contributed by atoms with Gasteiger partial charge in [-0.3, -0.25) is 14.6 Å². The zero-order chi connectivity index (χ0) is 18.7. The molecule has 1 saturated heterocycles. The lowest BCUT2D eigenvalue weighted by Crippen LogP contribution is -2.38. The standard InChI is InChI=1S/C19H19F2N3O2/c1-12-6-9-24(10-7-12)19(26)16-11-13(5-8-22-16)18(25)23-17-14(20)3-2-4-15(17)21/h2-5,8,11-12H,6-7,9-10H2,1H3,(H,23,25). The van der Waals surface area contributed by atoms with E-state index in [9.17, 15) is 18.4 Å². The minimum absolute atomic E-state index is 0.108. The number of hydrogen-bond donors (Lipinski definition) is 1. The van der Waals surface area contributed by atoms with Crippen LogP contribution in [0.1, 0.15) is 40.6 Å². The van der Waals surface area contributed by atoms with E-state index < -0.39 is 23.2 Å². The van der Waals surface area contributed by atoms with E-state index in [1.807, 2.05) is 0 Å². The Morgan fingerprint density at radius 2 is 1.81 bits per heavy atom. The highest BCUT2D eigenvalue weighted by atomic mass is 19.1. The predicted octanol–water partition coefficient (Wildman–Crippen LogP) is 3.48. The number of benzene rings is 1. The van der Waals surface area contributed by atoms with Gasteiger partial charge in [0.2, 0.25) is 0 Å².